The Hall–Kier alpha value is -2.51. The molecule has 2 aromatic heterocycles. The molecular weight excluding hydrogens is 246 g/mol. The van der Waals surface area contributed by atoms with Crippen LogP contribution in [0.25, 0.3) is 0 Å². The van der Waals surface area contributed by atoms with Crippen LogP contribution in [0.1, 0.15) is 16.3 Å². The number of anilines is 1. The molecule has 1 amide bonds. The van der Waals surface area contributed by atoms with Crippen LogP contribution < -0.4 is 5.32 Å². The molecule has 3 heterocycles. The molecule has 2 aromatic rings. The zero-order valence-corrected chi connectivity index (χ0v) is 10.4. The Kier molecular flexibility index (Phi) is 2.82. The summed E-state index contributed by atoms with van der Waals surface area (Å²) in [5.41, 5.74) is 0.333. The second-order valence-electron chi connectivity index (χ2n) is 4.21. The Morgan fingerprint density at radius 2 is 2.26 bits per heavy atom. The first-order valence-electron chi connectivity index (χ1n) is 5.93. The monoisotopic (exact) mass is 259 g/mol. The zero-order valence-electron chi connectivity index (χ0n) is 10.4. The predicted molar refractivity (Wildman–Crippen MR) is 66.3 cm³/mol. The van der Waals surface area contributed by atoms with Crippen molar-refractivity contribution in [1.29, 1.82) is 0 Å². The van der Waals surface area contributed by atoms with Crippen LogP contribution in [0.3, 0.4) is 0 Å². The van der Waals surface area contributed by atoms with Crippen molar-refractivity contribution < 1.29 is 4.79 Å². The van der Waals surface area contributed by atoms with Gasteiger partial charge in [0.25, 0.3) is 5.91 Å². The highest BCUT2D eigenvalue weighted by atomic mass is 16.2. The van der Waals surface area contributed by atoms with Crippen molar-refractivity contribution in [2.24, 2.45) is 0 Å². The number of rotatable bonds is 2. The van der Waals surface area contributed by atoms with E-state index in [2.05, 4.69) is 25.5 Å². The molecule has 3 rings (SSSR count). The summed E-state index contributed by atoms with van der Waals surface area (Å²) in [5, 5.41) is 10.7. The average Bonchev–Trinajstić information content (AvgIpc) is 2.94. The van der Waals surface area contributed by atoms with Crippen LogP contribution in [0.5, 0.6) is 0 Å². The number of nitrogens with zero attached hydrogens (tertiary/aromatic N) is 6. The Morgan fingerprint density at radius 1 is 1.37 bits per heavy atom. The lowest BCUT2D eigenvalue weighted by Gasteiger charge is -2.26. The average molecular weight is 259 g/mol. The van der Waals surface area contributed by atoms with Crippen LogP contribution in [0.2, 0.25) is 0 Å². The molecule has 0 saturated heterocycles. The first-order valence-corrected chi connectivity index (χ1v) is 5.93. The lowest BCUT2D eigenvalue weighted by atomic mass is 10.3. The fourth-order valence-electron chi connectivity index (χ4n) is 1.99. The Labute approximate surface area is 109 Å². The fraction of sp³-hybridized carbons (Fsp3) is 0.364. The maximum atomic E-state index is 12.3. The molecule has 8 heteroatoms. The predicted octanol–water partition coefficient (Wildman–Crippen LogP) is -0.234. The van der Waals surface area contributed by atoms with Gasteiger partial charge in [0.05, 0.1) is 18.9 Å². The molecule has 0 saturated carbocycles. The van der Waals surface area contributed by atoms with Crippen molar-refractivity contribution in [3.05, 3.63) is 30.2 Å². The molecule has 19 heavy (non-hydrogen) atoms. The number of carbonyl (C=O) groups excluding carboxylic acids is 1. The smallest absolute Gasteiger partial charge is 0.274 e. The van der Waals surface area contributed by atoms with Crippen molar-refractivity contribution in [2.75, 3.05) is 18.9 Å². The van der Waals surface area contributed by atoms with Crippen LogP contribution in [0, 0.1) is 0 Å². The first-order chi connectivity index (χ1) is 9.28. The molecule has 0 unspecified atom stereocenters. The third kappa shape index (κ3) is 2.12. The minimum absolute atomic E-state index is 0.140. The van der Waals surface area contributed by atoms with E-state index in [1.54, 1.807) is 24.5 Å². The van der Waals surface area contributed by atoms with Crippen LogP contribution in [-0.4, -0.2) is 49.1 Å². The van der Waals surface area contributed by atoms with E-state index in [1.807, 2.05) is 4.57 Å². The van der Waals surface area contributed by atoms with Crippen LogP contribution in [0.4, 0.5) is 5.82 Å². The first kappa shape index (κ1) is 11.6. The maximum Gasteiger partial charge on any atom is 0.274 e. The van der Waals surface area contributed by atoms with Crippen LogP contribution >= 0.6 is 0 Å². The van der Waals surface area contributed by atoms with E-state index in [4.69, 9.17) is 0 Å². The van der Waals surface area contributed by atoms with Crippen molar-refractivity contribution in [3.63, 3.8) is 0 Å². The number of hydrogen-bond donors (Lipinski definition) is 1. The summed E-state index contributed by atoms with van der Waals surface area (Å²) in [6.07, 6.45) is 4.73. The third-order valence-corrected chi connectivity index (χ3v) is 3.04. The number of hydrogen-bond acceptors (Lipinski definition) is 6. The molecule has 8 nitrogen and oxygen atoms in total. The van der Waals surface area contributed by atoms with E-state index in [1.165, 1.54) is 6.20 Å². The van der Waals surface area contributed by atoms with E-state index in [0.29, 0.717) is 31.1 Å². The molecule has 0 fully saturated rings. The van der Waals surface area contributed by atoms with E-state index in [9.17, 15) is 4.79 Å². The number of aromatic nitrogens is 5. The number of amides is 1. The third-order valence-electron chi connectivity index (χ3n) is 3.04. The van der Waals surface area contributed by atoms with Gasteiger partial charge in [0.1, 0.15) is 17.8 Å². The van der Waals surface area contributed by atoms with E-state index in [0.717, 1.165) is 5.82 Å². The Balaban J connectivity index is 1.81. The molecule has 1 aliphatic heterocycles. The summed E-state index contributed by atoms with van der Waals surface area (Å²) in [6.45, 7) is 1.77. The molecule has 98 valence electrons. The number of fused-ring (bicyclic) bond motifs is 1. The maximum absolute atomic E-state index is 12.3. The summed E-state index contributed by atoms with van der Waals surface area (Å²) >= 11 is 0. The van der Waals surface area contributed by atoms with Crippen LogP contribution in [-0.2, 0) is 13.1 Å². The van der Waals surface area contributed by atoms with Gasteiger partial charge in [-0.3, -0.25) is 9.78 Å². The standard InChI is InChI=1S/C11H13N7O/c1-12-9-5-13-4-8(15-9)11(19)17-2-3-18-7-14-16-10(18)6-17/h4-5,7H,2-3,6H2,1H3,(H,12,15). The second kappa shape index (κ2) is 4.63. The summed E-state index contributed by atoms with van der Waals surface area (Å²) in [6, 6.07) is 0. The summed E-state index contributed by atoms with van der Waals surface area (Å²) < 4.78 is 1.94. The molecule has 1 aliphatic rings. The summed E-state index contributed by atoms with van der Waals surface area (Å²) in [7, 11) is 1.74. The highest BCUT2D eigenvalue weighted by Crippen LogP contribution is 2.12. The lowest BCUT2D eigenvalue weighted by Crippen LogP contribution is -2.38. The molecular formula is C11H13N7O. The van der Waals surface area contributed by atoms with Gasteiger partial charge in [0.15, 0.2) is 5.82 Å². The fourth-order valence-corrected chi connectivity index (χ4v) is 1.99. The van der Waals surface area contributed by atoms with E-state index in [-0.39, 0.29) is 5.91 Å². The normalized spacial score (nSPS) is 14.1. The lowest BCUT2D eigenvalue weighted by molar-refractivity contribution is 0.0701. The van der Waals surface area contributed by atoms with E-state index < -0.39 is 0 Å². The molecule has 0 aliphatic carbocycles. The molecule has 0 bridgehead atoms. The number of nitrogens with one attached hydrogen (secondary N) is 1. The van der Waals surface area contributed by atoms with Gasteiger partial charge in [-0.05, 0) is 0 Å². The number of carbonyl (C=O) groups is 1. The molecule has 0 radical (unpaired) electrons. The summed E-state index contributed by atoms with van der Waals surface area (Å²) in [5.74, 6) is 1.22. The second-order valence-corrected chi connectivity index (χ2v) is 4.21. The van der Waals surface area contributed by atoms with Crippen LogP contribution in [0.15, 0.2) is 18.7 Å². The Bertz CT molecular complexity index is 609. The SMILES string of the molecule is CNc1cncc(C(=O)N2CCn3cnnc3C2)n1. The van der Waals surface area contributed by atoms with Gasteiger partial charge in [0.2, 0.25) is 0 Å². The highest BCUT2D eigenvalue weighted by molar-refractivity contribution is 5.92. The van der Waals surface area contributed by atoms with Crippen molar-refractivity contribution >= 4 is 11.7 Å². The van der Waals surface area contributed by atoms with Gasteiger partial charge < -0.3 is 14.8 Å². The topological polar surface area (TPSA) is 88.8 Å². The minimum Gasteiger partial charge on any atom is -0.372 e. The highest BCUT2D eigenvalue weighted by Gasteiger charge is 2.23. The van der Waals surface area contributed by atoms with Gasteiger partial charge in [-0.15, -0.1) is 10.2 Å². The largest absolute Gasteiger partial charge is 0.372 e. The van der Waals surface area contributed by atoms with Gasteiger partial charge in [0, 0.05) is 20.1 Å². The zero-order chi connectivity index (χ0) is 13.2. The van der Waals surface area contributed by atoms with Gasteiger partial charge in [-0.2, -0.15) is 0 Å². The molecule has 0 atom stereocenters. The quantitative estimate of drug-likeness (QED) is 0.801. The van der Waals surface area contributed by atoms with E-state index >= 15 is 0 Å². The van der Waals surface area contributed by atoms with Crippen molar-refractivity contribution in [3.8, 4) is 0 Å². The molecule has 0 aromatic carbocycles. The van der Waals surface area contributed by atoms with Crippen molar-refractivity contribution in [2.45, 2.75) is 13.1 Å². The minimum atomic E-state index is -0.140. The molecule has 1 N–H and O–H groups in total. The molecule has 0 spiro atoms. The van der Waals surface area contributed by atoms with Crippen molar-refractivity contribution in [1.82, 2.24) is 29.6 Å². The van der Waals surface area contributed by atoms with Gasteiger partial charge in [-0.1, -0.05) is 0 Å². The summed E-state index contributed by atoms with van der Waals surface area (Å²) in [4.78, 5) is 22.2. The van der Waals surface area contributed by atoms with Gasteiger partial charge >= 0.3 is 0 Å². The van der Waals surface area contributed by atoms with Gasteiger partial charge in [-0.25, -0.2) is 4.98 Å². The Morgan fingerprint density at radius 3 is 3.11 bits per heavy atom.